The van der Waals surface area contributed by atoms with Crippen LogP contribution in [0.5, 0.6) is 5.75 Å². The largest absolute Gasteiger partial charge is 0.503 e. The summed E-state index contributed by atoms with van der Waals surface area (Å²) in [6, 6.07) is 19.9. The second-order valence-corrected chi connectivity index (χ2v) is 8.69. The number of hydrogen-bond donors (Lipinski definition) is 1. The Hall–Kier alpha value is -3.60. The van der Waals surface area contributed by atoms with Crippen LogP contribution in [0, 0.1) is 5.41 Å². The van der Waals surface area contributed by atoms with E-state index in [-0.39, 0.29) is 11.4 Å². The third kappa shape index (κ3) is 3.46. The maximum atomic E-state index is 13.4. The number of nitrogens with zero attached hydrogens (tertiary/aromatic N) is 1. The van der Waals surface area contributed by atoms with Crippen LogP contribution in [0.3, 0.4) is 0 Å². The van der Waals surface area contributed by atoms with Crippen molar-refractivity contribution in [3.05, 3.63) is 83.6 Å². The quantitative estimate of drug-likeness (QED) is 0.623. The lowest BCUT2D eigenvalue weighted by atomic mass is 9.81. The number of ether oxygens (including phenoxy) is 1. The van der Waals surface area contributed by atoms with E-state index in [4.69, 9.17) is 4.74 Å². The summed E-state index contributed by atoms with van der Waals surface area (Å²) in [5.74, 6) is -0.683. The highest BCUT2D eigenvalue weighted by atomic mass is 16.5. The Balaban J connectivity index is 1.97. The van der Waals surface area contributed by atoms with Crippen molar-refractivity contribution >= 4 is 28.2 Å². The van der Waals surface area contributed by atoms with Gasteiger partial charge >= 0.3 is 0 Å². The number of methoxy groups -OCH3 is 1. The predicted molar refractivity (Wildman–Crippen MR) is 121 cm³/mol. The number of carbonyl (C=O) groups excluding carboxylic acids is 2. The van der Waals surface area contributed by atoms with Crippen LogP contribution in [-0.4, -0.2) is 23.9 Å². The van der Waals surface area contributed by atoms with Crippen molar-refractivity contribution in [2.24, 2.45) is 5.41 Å². The second-order valence-electron chi connectivity index (χ2n) is 8.69. The highest BCUT2D eigenvalue weighted by Gasteiger charge is 2.47. The maximum absolute atomic E-state index is 13.4. The maximum Gasteiger partial charge on any atom is 0.294 e. The van der Waals surface area contributed by atoms with Crippen molar-refractivity contribution < 1.29 is 19.4 Å². The number of benzene rings is 3. The van der Waals surface area contributed by atoms with Gasteiger partial charge in [-0.3, -0.25) is 14.5 Å². The molecule has 1 atom stereocenters. The van der Waals surface area contributed by atoms with E-state index in [9.17, 15) is 14.7 Å². The van der Waals surface area contributed by atoms with Crippen molar-refractivity contribution in [3.8, 4) is 5.75 Å². The summed E-state index contributed by atoms with van der Waals surface area (Å²) in [6.07, 6.45) is 0. The van der Waals surface area contributed by atoms with Crippen molar-refractivity contribution in [1.82, 2.24) is 0 Å². The average molecular weight is 415 g/mol. The number of ketones is 1. The van der Waals surface area contributed by atoms with E-state index in [1.807, 2.05) is 42.5 Å². The standard InChI is InChI=1S/C26H25NO4/c1-26(2,3)24(29)21-22(20-11-7-9-16-8-5-6-10-19(16)20)27(25(30)23(21)28)17-12-14-18(31-4)15-13-17/h5-15,22,28H,1-4H3. The van der Waals surface area contributed by atoms with Gasteiger partial charge in [0.25, 0.3) is 5.91 Å². The minimum atomic E-state index is -0.762. The molecule has 0 fully saturated rings. The Kier molecular flexibility index (Phi) is 5.05. The molecule has 0 aliphatic carbocycles. The van der Waals surface area contributed by atoms with Gasteiger partial charge in [0.15, 0.2) is 11.5 Å². The van der Waals surface area contributed by atoms with Crippen LogP contribution in [0.1, 0.15) is 32.4 Å². The molecule has 158 valence electrons. The van der Waals surface area contributed by atoms with Gasteiger partial charge < -0.3 is 9.84 Å². The summed E-state index contributed by atoms with van der Waals surface area (Å²) in [5, 5.41) is 12.8. The normalized spacial score (nSPS) is 16.8. The molecule has 1 heterocycles. The molecule has 0 saturated carbocycles. The Labute approximate surface area is 181 Å². The smallest absolute Gasteiger partial charge is 0.294 e. The number of amides is 1. The third-order valence-electron chi connectivity index (χ3n) is 5.60. The van der Waals surface area contributed by atoms with Crippen LogP contribution in [0.2, 0.25) is 0 Å². The van der Waals surface area contributed by atoms with E-state index in [1.165, 1.54) is 4.90 Å². The second kappa shape index (κ2) is 7.58. The Morgan fingerprint density at radius 3 is 2.26 bits per heavy atom. The van der Waals surface area contributed by atoms with E-state index in [2.05, 4.69) is 0 Å². The first-order valence-electron chi connectivity index (χ1n) is 10.2. The highest BCUT2D eigenvalue weighted by Crippen LogP contribution is 2.45. The predicted octanol–water partition coefficient (Wildman–Crippen LogP) is 5.36. The summed E-state index contributed by atoms with van der Waals surface area (Å²) in [7, 11) is 1.57. The molecule has 0 bridgehead atoms. The molecule has 4 rings (SSSR count). The van der Waals surface area contributed by atoms with E-state index >= 15 is 0 Å². The van der Waals surface area contributed by atoms with Crippen LogP contribution >= 0.6 is 0 Å². The number of fused-ring (bicyclic) bond motifs is 1. The molecular formula is C26H25NO4. The number of aliphatic hydroxyl groups is 1. The van der Waals surface area contributed by atoms with Gasteiger partial charge in [0.05, 0.1) is 18.7 Å². The number of aliphatic hydroxyl groups excluding tert-OH is 1. The number of hydrogen-bond acceptors (Lipinski definition) is 4. The molecule has 0 spiro atoms. The summed E-state index contributed by atoms with van der Waals surface area (Å²) in [4.78, 5) is 28.2. The lowest BCUT2D eigenvalue weighted by Gasteiger charge is -2.29. The number of anilines is 1. The summed E-state index contributed by atoms with van der Waals surface area (Å²) >= 11 is 0. The Morgan fingerprint density at radius 2 is 1.61 bits per heavy atom. The van der Waals surface area contributed by atoms with Crippen molar-refractivity contribution in [2.75, 3.05) is 12.0 Å². The van der Waals surface area contributed by atoms with Crippen molar-refractivity contribution in [1.29, 1.82) is 0 Å². The van der Waals surface area contributed by atoms with Gasteiger partial charge in [0.1, 0.15) is 5.75 Å². The molecule has 1 aliphatic rings. The zero-order chi connectivity index (χ0) is 22.3. The average Bonchev–Trinajstić information content (AvgIpc) is 3.02. The molecule has 1 aliphatic heterocycles. The SMILES string of the molecule is COc1ccc(N2C(=O)C(O)=C(C(=O)C(C)(C)C)C2c2cccc3ccccc23)cc1. The van der Waals surface area contributed by atoms with Crippen LogP contribution in [0.15, 0.2) is 78.1 Å². The molecule has 31 heavy (non-hydrogen) atoms. The molecule has 5 nitrogen and oxygen atoms in total. The Bertz CT molecular complexity index is 1200. The number of Topliss-reactive ketones (excluding diaryl/α,β-unsaturated/α-hetero) is 1. The minimum Gasteiger partial charge on any atom is -0.503 e. The molecule has 1 amide bonds. The van der Waals surface area contributed by atoms with Crippen molar-refractivity contribution in [2.45, 2.75) is 26.8 Å². The lowest BCUT2D eigenvalue weighted by molar-refractivity contribution is -0.123. The first kappa shape index (κ1) is 20.7. The minimum absolute atomic E-state index is 0.129. The molecule has 3 aromatic carbocycles. The summed E-state index contributed by atoms with van der Waals surface area (Å²) < 4.78 is 5.24. The first-order valence-corrected chi connectivity index (χ1v) is 10.2. The third-order valence-corrected chi connectivity index (χ3v) is 5.60. The fourth-order valence-electron chi connectivity index (χ4n) is 4.03. The topological polar surface area (TPSA) is 66.8 Å². The summed E-state index contributed by atoms with van der Waals surface area (Å²) in [5.41, 5.74) is 0.734. The van der Waals surface area contributed by atoms with Gasteiger partial charge in [0.2, 0.25) is 0 Å². The zero-order valence-electron chi connectivity index (χ0n) is 18.0. The molecule has 5 heteroatoms. The lowest BCUT2D eigenvalue weighted by Crippen LogP contribution is -2.33. The van der Waals surface area contributed by atoms with Crippen LogP contribution in [-0.2, 0) is 9.59 Å². The highest BCUT2D eigenvalue weighted by molar-refractivity contribution is 6.18. The molecule has 3 aromatic rings. The van der Waals surface area contributed by atoms with Gasteiger partial charge in [-0.2, -0.15) is 0 Å². The van der Waals surface area contributed by atoms with Crippen LogP contribution in [0.25, 0.3) is 10.8 Å². The van der Waals surface area contributed by atoms with Crippen LogP contribution < -0.4 is 9.64 Å². The molecule has 0 radical (unpaired) electrons. The molecular weight excluding hydrogens is 390 g/mol. The molecule has 0 aromatic heterocycles. The Morgan fingerprint density at radius 1 is 0.968 bits per heavy atom. The van der Waals surface area contributed by atoms with E-state index in [0.29, 0.717) is 11.4 Å². The molecule has 0 saturated heterocycles. The van der Waals surface area contributed by atoms with Crippen molar-refractivity contribution in [3.63, 3.8) is 0 Å². The van der Waals surface area contributed by atoms with E-state index < -0.39 is 23.1 Å². The molecule has 1 N–H and O–H groups in total. The molecule has 1 unspecified atom stereocenters. The fourth-order valence-corrected chi connectivity index (χ4v) is 4.03. The van der Waals surface area contributed by atoms with E-state index in [0.717, 1.165) is 16.3 Å². The first-order chi connectivity index (χ1) is 14.7. The number of rotatable bonds is 4. The zero-order valence-corrected chi connectivity index (χ0v) is 18.0. The van der Waals surface area contributed by atoms with Gasteiger partial charge in [-0.1, -0.05) is 63.2 Å². The summed E-state index contributed by atoms with van der Waals surface area (Å²) in [6.45, 7) is 5.36. The van der Waals surface area contributed by atoms with Gasteiger partial charge in [-0.05, 0) is 40.6 Å². The van der Waals surface area contributed by atoms with Crippen LogP contribution in [0.4, 0.5) is 5.69 Å². The monoisotopic (exact) mass is 415 g/mol. The fraction of sp³-hybridized carbons (Fsp3) is 0.231. The van der Waals surface area contributed by atoms with E-state index in [1.54, 1.807) is 52.1 Å². The van der Waals surface area contributed by atoms with Gasteiger partial charge in [-0.15, -0.1) is 0 Å². The van der Waals surface area contributed by atoms with Gasteiger partial charge in [-0.25, -0.2) is 0 Å². The van der Waals surface area contributed by atoms with Gasteiger partial charge in [0, 0.05) is 11.1 Å². The number of carbonyl (C=O) groups is 2.